The minimum Gasteiger partial charge on any atom is -0.383 e. The molecule has 4 rings (SSSR count). The second kappa shape index (κ2) is 8.33. The van der Waals surface area contributed by atoms with Crippen LogP contribution in [-0.4, -0.2) is 38.8 Å². The Kier molecular flexibility index (Phi) is 5.70. The topological polar surface area (TPSA) is 85.0 Å². The van der Waals surface area contributed by atoms with Gasteiger partial charge in [0.25, 0.3) is 0 Å². The summed E-state index contributed by atoms with van der Waals surface area (Å²) < 4.78 is 54.2. The number of nitrogens with two attached hydrogens (primary N) is 1. The maximum Gasteiger partial charge on any atom is 0.417 e. The molecule has 0 bridgehead atoms. The molecule has 168 valence electrons. The van der Waals surface area contributed by atoms with Gasteiger partial charge in [-0.25, -0.2) is 19.3 Å². The Balaban J connectivity index is 1.53. The second-order valence-corrected chi connectivity index (χ2v) is 7.91. The van der Waals surface area contributed by atoms with Crippen LogP contribution in [0.15, 0.2) is 30.3 Å². The number of benzene rings is 1. The fraction of sp³-hybridized carbons (Fsp3) is 0.364. The number of fused-ring (bicyclic) bond motifs is 1. The number of likely N-dealkylation sites (tertiary alicyclic amines) is 1. The standard InChI is InChI=1S/C22H21F4N5O/c1-12-28-20(27)19-16(22(24,25)26)11-17(30-21(19)29-12)14-6-8-31(9-7-14)18(32)10-13-2-4-15(23)5-3-13/h2-5,11,14H,6-10H2,1H3,(H2,27,28,29,30). The molecule has 0 radical (unpaired) electrons. The zero-order valence-electron chi connectivity index (χ0n) is 17.3. The van der Waals surface area contributed by atoms with E-state index >= 15 is 0 Å². The molecule has 6 nitrogen and oxygen atoms in total. The van der Waals surface area contributed by atoms with E-state index in [2.05, 4.69) is 15.0 Å². The largest absolute Gasteiger partial charge is 0.417 e. The molecule has 1 amide bonds. The van der Waals surface area contributed by atoms with Crippen LogP contribution < -0.4 is 5.73 Å². The molecule has 0 unspecified atom stereocenters. The van der Waals surface area contributed by atoms with Gasteiger partial charge in [-0.2, -0.15) is 13.2 Å². The molecule has 0 spiro atoms. The lowest BCUT2D eigenvalue weighted by Gasteiger charge is -2.32. The van der Waals surface area contributed by atoms with Crippen molar-refractivity contribution in [3.8, 4) is 0 Å². The molecule has 0 aliphatic carbocycles. The predicted molar refractivity (Wildman–Crippen MR) is 110 cm³/mol. The van der Waals surface area contributed by atoms with Gasteiger partial charge in [-0.05, 0) is 43.5 Å². The Bertz CT molecular complexity index is 1160. The van der Waals surface area contributed by atoms with Gasteiger partial charge in [0.2, 0.25) is 5.91 Å². The van der Waals surface area contributed by atoms with Crippen molar-refractivity contribution in [1.29, 1.82) is 0 Å². The van der Waals surface area contributed by atoms with Crippen molar-refractivity contribution in [3.63, 3.8) is 0 Å². The number of carbonyl (C=O) groups is 1. The molecule has 1 aliphatic heterocycles. The van der Waals surface area contributed by atoms with Crippen LogP contribution in [0.1, 0.15) is 41.4 Å². The van der Waals surface area contributed by atoms with Gasteiger partial charge < -0.3 is 10.6 Å². The summed E-state index contributed by atoms with van der Waals surface area (Å²) in [6, 6.07) is 6.76. The van der Waals surface area contributed by atoms with E-state index < -0.39 is 11.7 Å². The first kappa shape index (κ1) is 21.9. The first-order valence-electron chi connectivity index (χ1n) is 10.2. The molecule has 1 fully saturated rings. The van der Waals surface area contributed by atoms with Crippen LogP contribution in [0, 0.1) is 12.7 Å². The number of nitrogens with zero attached hydrogens (tertiary/aromatic N) is 4. The van der Waals surface area contributed by atoms with Crippen molar-refractivity contribution in [3.05, 3.63) is 58.8 Å². The van der Waals surface area contributed by atoms with Crippen molar-refractivity contribution >= 4 is 22.8 Å². The number of piperidine rings is 1. The summed E-state index contributed by atoms with van der Waals surface area (Å²) in [6.45, 7) is 2.34. The minimum atomic E-state index is -4.63. The van der Waals surface area contributed by atoms with Crippen LogP contribution >= 0.6 is 0 Å². The Hall–Kier alpha value is -3.30. The third-order valence-electron chi connectivity index (χ3n) is 5.67. The Morgan fingerprint density at radius 2 is 1.78 bits per heavy atom. The van der Waals surface area contributed by atoms with E-state index in [4.69, 9.17) is 5.73 Å². The molecule has 1 saturated heterocycles. The molecule has 0 saturated carbocycles. The first-order valence-corrected chi connectivity index (χ1v) is 10.2. The highest BCUT2D eigenvalue weighted by Crippen LogP contribution is 2.39. The number of rotatable bonds is 3. The normalized spacial score (nSPS) is 15.3. The lowest BCUT2D eigenvalue weighted by Crippen LogP contribution is -2.39. The second-order valence-electron chi connectivity index (χ2n) is 7.91. The van der Waals surface area contributed by atoms with E-state index in [9.17, 15) is 22.4 Å². The number of hydrogen-bond donors (Lipinski definition) is 1. The molecule has 2 aromatic heterocycles. The quantitative estimate of drug-likeness (QED) is 0.613. The third kappa shape index (κ3) is 4.49. The highest BCUT2D eigenvalue weighted by atomic mass is 19.4. The molecule has 0 atom stereocenters. The van der Waals surface area contributed by atoms with Gasteiger partial charge in [0.1, 0.15) is 17.5 Å². The molecule has 1 aromatic carbocycles. The molecule has 2 N–H and O–H groups in total. The van der Waals surface area contributed by atoms with E-state index in [0.29, 0.717) is 31.5 Å². The van der Waals surface area contributed by atoms with Crippen molar-refractivity contribution in [2.24, 2.45) is 0 Å². The Morgan fingerprint density at radius 1 is 1.12 bits per heavy atom. The minimum absolute atomic E-state index is 0.0744. The zero-order chi connectivity index (χ0) is 23.0. The van der Waals surface area contributed by atoms with Crippen LogP contribution in [0.5, 0.6) is 0 Å². The maximum atomic E-state index is 13.7. The molecule has 1 aliphatic rings. The number of hydrogen-bond acceptors (Lipinski definition) is 5. The number of amides is 1. The summed E-state index contributed by atoms with van der Waals surface area (Å²) in [7, 11) is 0. The number of aryl methyl sites for hydroxylation is 1. The van der Waals surface area contributed by atoms with E-state index in [1.54, 1.807) is 24.0 Å². The fourth-order valence-electron chi connectivity index (χ4n) is 4.04. The lowest BCUT2D eigenvalue weighted by atomic mass is 9.91. The van der Waals surface area contributed by atoms with Gasteiger partial charge >= 0.3 is 6.18 Å². The number of halogens is 4. The number of carbonyl (C=O) groups excluding carboxylic acids is 1. The smallest absolute Gasteiger partial charge is 0.383 e. The summed E-state index contributed by atoms with van der Waals surface area (Å²) in [4.78, 5) is 26.5. The summed E-state index contributed by atoms with van der Waals surface area (Å²) in [5.41, 5.74) is 5.77. The molecule has 10 heteroatoms. The maximum absolute atomic E-state index is 13.7. The molecular weight excluding hydrogens is 426 g/mol. The van der Waals surface area contributed by atoms with Crippen LogP contribution in [0.4, 0.5) is 23.4 Å². The van der Waals surface area contributed by atoms with Crippen LogP contribution in [0.3, 0.4) is 0 Å². The van der Waals surface area contributed by atoms with Gasteiger partial charge in [-0.15, -0.1) is 0 Å². The average Bonchev–Trinajstić information content (AvgIpc) is 2.73. The Morgan fingerprint density at radius 3 is 2.41 bits per heavy atom. The Labute approximate surface area is 181 Å². The van der Waals surface area contributed by atoms with Gasteiger partial charge in [0, 0.05) is 24.7 Å². The highest BCUT2D eigenvalue weighted by Gasteiger charge is 2.36. The van der Waals surface area contributed by atoms with Gasteiger partial charge in [-0.1, -0.05) is 12.1 Å². The van der Waals surface area contributed by atoms with E-state index in [0.717, 1.165) is 6.07 Å². The monoisotopic (exact) mass is 447 g/mol. The lowest BCUT2D eigenvalue weighted by molar-refractivity contribution is -0.136. The number of aromatic nitrogens is 3. The summed E-state index contributed by atoms with van der Waals surface area (Å²) in [5.74, 6) is -0.722. The van der Waals surface area contributed by atoms with Crippen LogP contribution in [-0.2, 0) is 17.4 Å². The molecule has 3 aromatic rings. The number of anilines is 1. The van der Waals surface area contributed by atoms with Gasteiger partial charge in [0.15, 0.2) is 5.65 Å². The van der Waals surface area contributed by atoms with Crippen molar-refractivity contribution in [2.45, 2.75) is 38.3 Å². The summed E-state index contributed by atoms with van der Waals surface area (Å²) in [6.07, 6.45) is -3.53. The SMILES string of the molecule is Cc1nc(N)c2c(C(F)(F)F)cc(C3CCN(C(=O)Cc4ccc(F)cc4)CC3)nc2n1. The first-order chi connectivity index (χ1) is 15.1. The zero-order valence-corrected chi connectivity index (χ0v) is 17.3. The van der Waals surface area contributed by atoms with E-state index in [1.807, 2.05) is 0 Å². The fourth-order valence-corrected chi connectivity index (χ4v) is 4.04. The molecular formula is C22H21F4N5O. The third-order valence-corrected chi connectivity index (χ3v) is 5.67. The number of nitrogen functional groups attached to an aromatic ring is 1. The van der Waals surface area contributed by atoms with Crippen LogP contribution in [0.2, 0.25) is 0 Å². The number of pyridine rings is 1. The van der Waals surface area contributed by atoms with Crippen molar-refractivity contribution in [2.75, 3.05) is 18.8 Å². The van der Waals surface area contributed by atoms with Gasteiger partial charge in [-0.3, -0.25) is 4.79 Å². The number of alkyl halides is 3. The highest BCUT2D eigenvalue weighted by molar-refractivity contribution is 5.89. The van der Waals surface area contributed by atoms with Gasteiger partial charge in [0.05, 0.1) is 17.4 Å². The average molecular weight is 447 g/mol. The van der Waals surface area contributed by atoms with Crippen molar-refractivity contribution < 1.29 is 22.4 Å². The van der Waals surface area contributed by atoms with E-state index in [-0.39, 0.29) is 52.4 Å². The van der Waals surface area contributed by atoms with E-state index in [1.165, 1.54) is 12.1 Å². The van der Waals surface area contributed by atoms with Crippen LogP contribution in [0.25, 0.3) is 11.0 Å². The summed E-state index contributed by atoms with van der Waals surface area (Å²) >= 11 is 0. The van der Waals surface area contributed by atoms with Crippen molar-refractivity contribution in [1.82, 2.24) is 19.9 Å². The predicted octanol–water partition coefficient (Wildman–Crippen LogP) is 4.02. The molecule has 3 heterocycles. The molecule has 32 heavy (non-hydrogen) atoms. The summed E-state index contributed by atoms with van der Waals surface area (Å²) in [5, 5.41) is -0.293.